The van der Waals surface area contributed by atoms with Gasteiger partial charge in [-0.1, -0.05) is 12.1 Å². The summed E-state index contributed by atoms with van der Waals surface area (Å²) in [5.41, 5.74) is 3.06. The molecule has 124 valence electrons. The fourth-order valence-electron chi connectivity index (χ4n) is 3.38. The highest BCUT2D eigenvalue weighted by molar-refractivity contribution is 5.97. The van der Waals surface area contributed by atoms with Gasteiger partial charge in [0.25, 0.3) is 0 Å². The van der Waals surface area contributed by atoms with Crippen LogP contribution in [-0.2, 0) is 14.3 Å². The molecule has 2 heterocycles. The Morgan fingerprint density at radius 2 is 2.00 bits per heavy atom. The lowest BCUT2D eigenvalue weighted by Gasteiger charge is -2.31. The molecule has 1 N–H and O–H groups in total. The van der Waals surface area contributed by atoms with E-state index in [1.54, 1.807) is 0 Å². The molecule has 2 fully saturated rings. The lowest BCUT2D eigenvalue weighted by Crippen LogP contribution is -2.41. The van der Waals surface area contributed by atoms with Crippen LogP contribution in [0, 0.1) is 19.8 Å². The molecule has 2 amide bonds. The lowest BCUT2D eigenvalue weighted by molar-refractivity contribution is -0.131. The first-order valence-corrected chi connectivity index (χ1v) is 8.30. The highest BCUT2D eigenvalue weighted by Gasteiger charge is 2.38. The number of nitrogens with zero attached hydrogens (tertiary/aromatic N) is 1. The monoisotopic (exact) mass is 316 g/mol. The summed E-state index contributed by atoms with van der Waals surface area (Å²) in [4.78, 5) is 26.7. The number of amides is 2. The number of aryl methyl sites for hydroxylation is 1. The van der Waals surface area contributed by atoms with Crippen LogP contribution in [0.2, 0.25) is 0 Å². The molecule has 1 aromatic rings. The maximum Gasteiger partial charge on any atom is 0.229 e. The maximum absolute atomic E-state index is 12.5. The van der Waals surface area contributed by atoms with Gasteiger partial charge in [0.15, 0.2) is 0 Å². The van der Waals surface area contributed by atoms with Crippen molar-refractivity contribution in [3.05, 3.63) is 29.3 Å². The fourth-order valence-corrected chi connectivity index (χ4v) is 3.38. The molecule has 1 unspecified atom stereocenters. The van der Waals surface area contributed by atoms with E-state index in [1.807, 2.05) is 36.9 Å². The van der Waals surface area contributed by atoms with Gasteiger partial charge >= 0.3 is 0 Å². The van der Waals surface area contributed by atoms with E-state index in [-0.39, 0.29) is 23.8 Å². The van der Waals surface area contributed by atoms with Crippen LogP contribution in [0.4, 0.5) is 5.69 Å². The molecule has 0 spiro atoms. The lowest BCUT2D eigenvalue weighted by atomic mass is 10.1. The molecule has 0 bridgehead atoms. The molecular weight excluding hydrogens is 292 g/mol. The second-order valence-electron chi connectivity index (χ2n) is 6.53. The third-order valence-electron chi connectivity index (χ3n) is 5.02. The molecule has 0 aliphatic carbocycles. The summed E-state index contributed by atoms with van der Waals surface area (Å²) in [6.45, 7) is 5.96. The molecule has 2 aliphatic rings. The molecule has 0 saturated carbocycles. The van der Waals surface area contributed by atoms with Gasteiger partial charge < -0.3 is 15.0 Å². The molecule has 2 saturated heterocycles. The van der Waals surface area contributed by atoms with E-state index in [2.05, 4.69) is 5.32 Å². The summed E-state index contributed by atoms with van der Waals surface area (Å²) in [5.74, 6) is -0.218. The van der Waals surface area contributed by atoms with Crippen molar-refractivity contribution in [1.82, 2.24) is 4.90 Å². The Morgan fingerprint density at radius 1 is 1.26 bits per heavy atom. The number of hydrogen-bond donors (Lipinski definition) is 1. The highest BCUT2D eigenvalue weighted by Crippen LogP contribution is 2.26. The van der Waals surface area contributed by atoms with Crippen molar-refractivity contribution in [2.24, 2.45) is 5.92 Å². The van der Waals surface area contributed by atoms with Crippen LogP contribution in [-0.4, -0.2) is 42.5 Å². The zero-order valence-electron chi connectivity index (χ0n) is 13.8. The van der Waals surface area contributed by atoms with Crippen molar-refractivity contribution in [1.29, 1.82) is 0 Å². The number of benzene rings is 1. The Labute approximate surface area is 137 Å². The van der Waals surface area contributed by atoms with Crippen LogP contribution in [0.5, 0.6) is 0 Å². The fraction of sp³-hybridized carbons (Fsp3) is 0.556. The normalized spacial score (nSPS) is 22.4. The summed E-state index contributed by atoms with van der Waals surface area (Å²) in [5, 5.41) is 2.99. The predicted molar refractivity (Wildman–Crippen MR) is 88.2 cm³/mol. The smallest absolute Gasteiger partial charge is 0.229 e. The minimum Gasteiger partial charge on any atom is -0.381 e. The quantitative estimate of drug-likeness (QED) is 0.930. The van der Waals surface area contributed by atoms with Crippen LogP contribution in [0.1, 0.15) is 30.4 Å². The molecular formula is C18H24N2O3. The average molecular weight is 316 g/mol. The molecule has 5 nitrogen and oxygen atoms in total. The van der Waals surface area contributed by atoms with E-state index in [0.717, 1.165) is 29.7 Å². The second kappa shape index (κ2) is 6.71. The Bertz CT molecular complexity index is 608. The highest BCUT2D eigenvalue weighted by atomic mass is 16.5. The van der Waals surface area contributed by atoms with Crippen LogP contribution in [0.25, 0.3) is 0 Å². The van der Waals surface area contributed by atoms with Crippen molar-refractivity contribution in [3.63, 3.8) is 0 Å². The van der Waals surface area contributed by atoms with Crippen molar-refractivity contribution in [2.75, 3.05) is 25.1 Å². The standard InChI is InChI=1S/C18H24N2O3/c1-12-4-3-5-16(13(12)2)19-18(22)14-10-17(21)20(11-14)15-6-8-23-9-7-15/h3-5,14-15H,6-11H2,1-2H3,(H,19,22). The van der Waals surface area contributed by atoms with E-state index in [4.69, 9.17) is 4.74 Å². The summed E-state index contributed by atoms with van der Waals surface area (Å²) in [7, 11) is 0. The molecule has 1 atom stereocenters. The number of carbonyl (C=O) groups is 2. The van der Waals surface area contributed by atoms with E-state index in [9.17, 15) is 9.59 Å². The van der Waals surface area contributed by atoms with Gasteiger partial charge in [-0.25, -0.2) is 0 Å². The second-order valence-corrected chi connectivity index (χ2v) is 6.53. The average Bonchev–Trinajstić information content (AvgIpc) is 2.95. The van der Waals surface area contributed by atoms with Gasteiger partial charge in [0.2, 0.25) is 11.8 Å². The first kappa shape index (κ1) is 16.0. The van der Waals surface area contributed by atoms with Crippen molar-refractivity contribution < 1.29 is 14.3 Å². The van der Waals surface area contributed by atoms with E-state index in [0.29, 0.717) is 26.2 Å². The van der Waals surface area contributed by atoms with Crippen molar-refractivity contribution in [2.45, 2.75) is 39.2 Å². The van der Waals surface area contributed by atoms with E-state index >= 15 is 0 Å². The van der Waals surface area contributed by atoms with Crippen LogP contribution in [0.15, 0.2) is 18.2 Å². The molecule has 1 aromatic carbocycles. The van der Waals surface area contributed by atoms with Gasteiger partial charge in [0.05, 0.1) is 5.92 Å². The third kappa shape index (κ3) is 3.39. The SMILES string of the molecule is Cc1cccc(NC(=O)C2CC(=O)N(C3CCOCC3)C2)c1C. The van der Waals surface area contributed by atoms with Gasteiger partial charge in [0, 0.05) is 37.9 Å². The van der Waals surface area contributed by atoms with Gasteiger partial charge in [0.1, 0.15) is 0 Å². The Morgan fingerprint density at radius 3 is 2.74 bits per heavy atom. The molecule has 3 rings (SSSR count). The summed E-state index contributed by atoms with van der Waals surface area (Å²) < 4.78 is 5.35. The minimum atomic E-state index is -0.259. The predicted octanol–water partition coefficient (Wildman–Crippen LogP) is 2.27. The van der Waals surface area contributed by atoms with Gasteiger partial charge in [-0.15, -0.1) is 0 Å². The minimum absolute atomic E-state index is 0.0541. The zero-order valence-corrected chi connectivity index (χ0v) is 13.8. The van der Waals surface area contributed by atoms with Crippen LogP contribution >= 0.6 is 0 Å². The maximum atomic E-state index is 12.5. The van der Waals surface area contributed by atoms with Crippen LogP contribution in [0.3, 0.4) is 0 Å². The number of anilines is 1. The number of carbonyl (C=O) groups excluding carboxylic acids is 2. The Kier molecular flexibility index (Phi) is 4.66. The number of hydrogen-bond acceptors (Lipinski definition) is 3. The molecule has 0 aromatic heterocycles. The molecule has 0 radical (unpaired) electrons. The van der Waals surface area contributed by atoms with Gasteiger partial charge in [-0.05, 0) is 43.9 Å². The Hall–Kier alpha value is -1.88. The third-order valence-corrected chi connectivity index (χ3v) is 5.02. The largest absolute Gasteiger partial charge is 0.381 e. The summed E-state index contributed by atoms with van der Waals surface area (Å²) in [6.07, 6.45) is 2.06. The summed E-state index contributed by atoms with van der Waals surface area (Å²) >= 11 is 0. The molecule has 5 heteroatoms. The number of rotatable bonds is 3. The van der Waals surface area contributed by atoms with Crippen molar-refractivity contribution >= 4 is 17.5 Å². The van der Waals surface area contributed by atoms with Crippen LogP contribution < -0.4 is 5.32 Å². The number of nitrogens with one attached hydrogen (secondary N) is 1. The number of ether oxygens (including phenoxy) is 1. The number of likely N-dealkylation sites (tertiary alicyclic amines) is 1. The molecule has 23 heavy (non-hydrogen) atoms. The van der Waals surface area contributed by atoms with E-state index < -0.39 is 0 Å². The Balaban J connectivity index is 1.64. The first-order chi connectivity index (χ1) is 11.1. The zero-order chi connectivity index (χ0) is 16.4. The first-order valence-electron chi connectivity index (χ1n) is 8.30. The summed E-state index contributed by atoms with van der Waals surface area (Å²) in [6, 6.07) is 6.10. The van der Waals surface area contributed by atoms with Gasteiger partial charge in [-0.3, -0.25) is 9.59 Å². The topological polar surface area (TPSA) is 58.6 Å². The van der Waals surface area contributed by atoms with Crippen molar-refractivity contribution in [3.8, 4) is 0 Å². The molecule has 2 aliphatic heterocycles. The van der Waals surface area contributed by atoms with Gasteiger partial charge in [-0.2, -0.15) is 0 Å². The van der Waals surface area contributed by atoms with E-state index in [1.165, 1.54) is 0 Å².